The summed E-state index contributed by atoms with van der Waals surface area (Å²) in [6, 6.07) is 18.7. The highest BCUT2D eigenvalue weighted by atomic mass is 32.2. The predicted molar refractivity (Wildman–Crippen MR) is 89.5 cm³/mol. The van der Waals surface area contributed by atoms with Crippen LogP contribution in [0.1, 0.15) is 12.0 Å². The van der Waals surface area contributed by atoms with E-state index >= 15 is 0 Å². The summed E-state index contributed by atoms with van der Waals surface area (Å²) in [6.45, 7) is 0.658. The lowest BCUT2D eigenvalue weighted by Gasteiger charge is -2.34. The molecule has 0 spiro atoms. The summed E-state index contributed by atoms with van der Waals surface area (Å²) in [7, 11) is -3.48. The normalized spacial score (nSPS) is 17.7. The summed E-state index contributed by atoms with van der Waals surface area (Å²) in [5.74, 6) is 0. The van der Waals surface area contributed by atoms with E-state index in [0.717, 1.165) is 16.7 Å². The largest absolute Gasteiger partial charge is 0.371 e. The van der Waals surface area contributed by atoms with Crippen LogP contribution in [0.15, 0.2) is 81.6 Å². The first-order valence-corrected chi connectivity index (χ1v) is 9.04. The summed E-state index contributed by atoms with van der Waals surface area (Å²) in [6.07, 6.45) is 0.699. The van der Waals surface area contributed by atoms with Gasteiger partial charge in [0.25, 0.3) is 0 Å². The average molecular weight is 324 g/mol. The number of hydrogen-bond acceptors (Lipinski definition) is 3. The van der Waals surface area contributed by atoms with Crippen LogP contribution in [-0.4, -0.2) is 21.6 Å². The van der Waals surface area contributed by atoms with Gasteiger partial charge >= 0.3 is 0 Å². The molecule has 0 atom stereocenters. The lowest BCUT2D eigenvalue weighted by molar-refractivity contribution is 0.174. The molecule has 1 aliphatic carbocycles. The molecule has 4 heteroatoms. The van der Waals surface area contributed by atoms with Crippen LogP contribution >= 0.6 is 0 Å². The van der Waals surface area contributed by atoms with Gasteiger partial charge in [-0.3, -0.25) is 0 Å². The molecule has 0 unspecified atom stereocenters. The third kappa shape index (κ3) is 2.35. The van der Waals surface area contributed by atoms with Crippen molar-refractivity contribution in [1.29, 1.82) is 0 Å². The molecule has 0 N–H and O–H groups in total. The fourth-order valence-electron chi connectivity index (χ4n) is 3.14. The van der Waals surface area contributed by atoms with E-state index in [9.17, 15) is 8.42 Å². The van der Waals surface area contributed by atoms with Crippen LogP contribution in [0, 0.1) is 0 Å². The molecule has 1 heterocycles. The van der Waals surface area contributed by atoms with Crippen LogP contribution in [0.2, 0.25) is 0 Å². The highest BCUT2D eigenvalue weighted by Gasteiger charge is 2.36. The first-order chi connectivity index (χ1) is 11.2. The van der Waals surface area contributed by atoms with Crippen LogP contribution in [0.4, 0.5) is 0 Å². The maximum Gasteiger partial charge on any atom is 0.205 e. The topological polar surface area (TPSA) is 43.4 Å². The zero-order chi connectivity index (χ0) is 15.9. The maximum absolute atomic E-state index is 12.9. The Labute approximate surface area is 135 Å². The summed E-state index contributed by atoms with van der Waals surface area (Å²) >= 11 is 0. The van der Waals surface area contributed by atoms with Gasteiger partial charge in [0.2, 0.25) is 9.84 Å². The number of ether oxygens (including phenoxy) is 1. The number of fused-ring (bicyclic) bond motifs is 1. The van der Waals surface area contributed by atoms with E-state index in [0.29, 0.717) is 22.8 Å². The van der Waals surface area contributed by atoms with Crippen molar-refractivity contribution < 1.29 is 13.2 Å². The molecule has 23 heavy (non-hydrogen) atoms. The van der Waals surface area contributed by atoms with Crippen molar-refractivity contribution in [3.05, 3.63) is 82.3 Å². The van der Waals surface area contributed by atoms with Crippen molar-refractivity contribution >= 4 is 15.4 Å². The van der Waals surface area contributed by atoms with Crippen LogP contribution in [0.25, 0.3) is 5.57 Å². The fraction of sp³-hybridized carbons (Fsp3) is 0.158. The maximum atomic E-state index is 12.9. The molecule has 4 rings (SSSR count). The molecule has 2 aromatic carbocycles. The summed E-state index contributed by atoms with van der Waals surface area (Å²) in [4.78, 5) is 0.755. The smallest absolute Gasteiger partial charge is 0.205 e. The fourth-order valence-corrected chi connectivity index (χ4v) is 4.70. The summed E-state index contributed by atoms with van der Waals surface area (Å²) < 4.78 is 31.3. The second kappa shape index (κ2) is 5.48. The highest BCUT2D eigenvalue weighted by Crippen LogP contribution is 2.46. The standard InChI is InChI=1S/C19H16O3S/c20-23(21,15-9-5-2-6-10-15)19-13-22-12-18-16(11-17(18)19)14-7-3-1-4-8-14/h1-10H,11-13H2. The van der Waals surface area contributed by atoms with Crippen LogP contribution in [0.5, 0.6) is 0 Å². The van der Waals surface area contributed by atoms with Crippen molar-refractivity contribution in [3.8, 4) is 0 Å². The molecule has 0 aromatic heterocycles. The molecule has 2 aromatic rings. The number of allylic oxidation sites excluding steroid dienone is 1. The number of benzene rings is 2. The number of hydrogen-bond donors (Lipinski definition) is 0. The minimum Gasteiger partial charge on any atom is -0.371 e. The second-order valence-corrected chi connectivity index (χ2v) is 7.68. The van der Waals surface area contributed by atoms with E-state index in [-0.39, 0.29) is 6.61 Å². The van der Waals surface area contributed by atoms with Gasteiger partial charge in [-0.25, -0.2) is 8.42 Å². The molecule has 2 aliphatic rings. The number of rotatable bonds is 3. The van der Waals surface area contributed by atoms with E-state index < -0.39 is 9.84 Å². The Morgan fingerprint density at radius 1 is 0.739 bits per heavy atom. The molecule has 1 aliphatic heterocycles. The Balaban J connectivity index is 1.80. The molecule has 0 saturated heterocycles. The van der Waals surface area contributed by atoms with E-state index in [4.69, 9.17) is 4.74 Å². The van der Waals surface area contributed by atoms with Gasteiger partial charge in [-0.05, 0) is 40.8 Å². The Morgan fingerprint density at radius 2 is 1.39 bits per heavy atom. The second-order valence-electron chi connectivity index (χ2n) is 5.71. The predicted octanol–water partition coefficient (Wildman–Crippen LogP) is 3.60. The third-order valence-corrected chi connectivity index (χ3v) is 6.30. The van der Waals surface area contributed by atoms with Crippen molar-refractivity contribution in [3.63, 3.8) is 0 Å². The lowest BCUT2D eigenvalue weighted by Crippen LogP contribution is -2.26. The Hall–Kier alpha value is -2.17. The first-order valence-electron chi connectivity index (χ1n) is 7.55. The van der Waals surface area contributed by atoms with E-state index in [1.54, 1.807) is 24.3 Å². The molecule has 0 amide bonds. The molecule has 0 radical (unpaired) electrons. The number of sulfone groups is 1. The third-order valence-electron chi connectivity index (χ3n) is 4.40. The zero-order valence-corrected chi connectivity index (χ0v) is 13.3. The minimum atomic E-state index is -3.48. The van der Waals surface area contributed by atoms with E-state index in [1.165, 1.54) is 5.57 Å². The minimum absolute atomic E-state index is 0.165. The van der Waals surface area contributed by atoms with Gasteiger partial charge < -0.3 is 4.74 Å². The SMILES string of the molecule is O=S(=O)(C1=C2CC(c3ccccc3)=C2COC1)c1ccccc1. The molecule has 0 bridgehead atoms. The van der Waals surface area contributed by atoms with Gasteiger partial charge in [0, 0.05) is 0 Å². The average Bonchev–Trinajstić information content (AvgIpc) is 2.57. The zero-order valence-electron chi connectivity index (χ0n) is 12.5. The van der Waals surface area contributed by atoms with Crippen LogP contribution in [-0.2, 0) is 14.6 Å². The first kappa shape index (κ1) is 14.4. The van der Waals surface area contributed by atoms with E-state index in [1.807, 2.05) is 24.3 Å². The molecule has 3 nitrogen and oxygen atoms in total. The van der Waals surface area contributed by atoms with Gasteiger partial charge in [0.1, 0.15) is 0 Å². The Bertz CT molecular complexity index is 908. The van der Waals surface area contributed by atoms with Gasteiger partial charge in [-0.1, -0.05) is 48.5 Å². The Kier molecular flexibility index (Phi) is 3.43. The van der Waals surface area contributed by atoms with Crippen molar-refractivity contribution in [2.75, 3.05) is 13.2 Å². The molecule has 116 valence electrons. The van der Waals surface area contributed by atoms with Gasteiger partial charge in [0.15, 0.2) is 0 Å². The van der Waals surface area contributed by atoms with Gasteiger partial charge in [0.05, 0.1) is 23.0 Å². The van der Waals surface area contributed by atoms with Crippen LogP contribution < -0.4 is 0 Å². The highest BCUT2D eigenvalue weighted by molar-refractivity contribution is 7.95. The van der Waals surface area contributed by atoms with Gasteiger partial charge in [-0.2, -0.15) is 0 Å². The van der Waals surface area contributed by atoms with E-state index in [2.05, 4.69) is 12.1 Å². The van der Waals surface area contributed by atoms with Crippen molar-refractivity contribution in [2.24, 2.45) is 0 Å². The molecule has 0 saturated carbocycles. The summed E-state index contributed by atoms with van der Waals surface area (Å²) in [5.41, 5.74) is 4.32. The van der Waals surface area contributed by atoms with Gasteiger partial charge in [-0.15, -0.1) is 0 Å². The van der Waals surface area contributed by atoms with Crippen LogP contribution in [0.3, 0.4) is 0 Å². The molecular weight excluding hydrogens is 308 g/mol. The molecule has 0 fully saturated rings. The molecular formula is C19H16O3S. The van der Waals surface area contributed by atoms with Crippen molar-refractivity contribution in [1.82, 2.24) is 0 Å². The van der Waals surface area contributed by atoms with Crippen molar-refractivity contribution in [2.45, 2.75) is 11.3 Å². The quantitative estimate of drug-likeness (QED) is 0.866. The lowest BCUT2D eigenvalue weighted by atomic mass is 9.78. The summed E-state index contributed by atoms with van der Waals surface area (Å²) in [5, 5.41) is 0. The Morgan fingerprint density at radius 3 is 2.09 bits per heavy atom. The monoisotopic (exact) mass is 324 g/mol.